The molecule has 1 heterocycles. The number of para-hydroxylation sites is 1. The minimum absolute atomic E-state index is 0.111. The minimum atomic E-state index is -0.676. The molecule has 1 atom stereocenters. The SMILES string of the molecule is N#CC1=C(N)Oc2cc(OC(=O)COc3ccccc3)ccc2C1c1cccc([N+](=O)[O-])c1. The summed E-state index contributed by atoms with van der Waals surface area (Å²) in [5, 5.41) is 20.8. The van der Waals surface area contributed by atoms with E-state index in [0.29, 0.717) is 16.9 Å². The molecule has 0 bridgehead atoms. The Morgan fingerprint density at radius 1 is 1.09 bits per heavy atom. The first-order valence-electron chi connectivity index (χ1n) is 9.80. The summed E-state index contributed by atoms with van der Waals surface area (Å²) in [6.07, 6.45) is 0. The molecule has 0 saturated carbocycles. The number of nitro benzene ring substituents is 1. The predicted molar refractivity (Wildman–Crippen MR) is 116 cm³/mol. The molecule has 0 aromatic heterocycles. The molecule has 1 aliphatic heterocycles. The van der Waals surface area contributed by atoms with Crippen molar-refractivity contribution in [3.05, 3.63) is 105 Å². The van der Waals surface area contributed by atoms with Gasteiger partial charge >= 0.3 is 5.97 Å². The van der Waals surface area contributed by atoms with Crippen LogP contribution in [0.3, 0.4) is 0 Å². The van der Waals surface area contributed by atoms with Crippen molar-refractivity contribution in [2.75, 3.05) is 6.61 Å². The number of allylic oxidation sites excluding steroid dienone is 1. The van der Waals surface area contributed by atoms with Crippen molar-refractivity contribution in [1.29, 1.82) is 5.26 Å². The van der Waals surface area contributed by atoms with Crippen LogP contribution in [0.2, 0.25) is 0 Å². The first-order chi connectivity index (χ1) is 16.0. The average molecular weight is 443 g/mol. The molecule has 1 unspecified atom stereocenters. The molecular formula is C24H17N3O6. The first kappa shape index (κ1) is 21.4. The van der Waals surface area contributed by atoms with E-state index in [9.17, 15) is 20.2 Å². The van der Waals surface area contributed by atoms with Gasteiger partial charge in [0.15, 0.2) is 6.61 Å². The van der Waals surface area contributed by atoms with Gasteiger partial charge in [-0.1, -0.05) is 36.4 Å². The Hall–Kier alpha value is -4.84. The maximum absolute atomic E-state index is 12.2. The van der Waals surface area contributed by atoms with Gasteiger partial charge in [0, 0.05) is 23.8 Å². The van der Waals surface area contributed by atoms with Crippen LogP contribution in [0, 0.1) is 21.4 Å². The number of nitrogens with zero attached hydrogens (tertiary/aromatic N) is 2. The van der Waals surface area contributed by atoms with E-state index in [2.05, 4.69) is 0 Å². The van der Waals surface area contributed by atoms with Gasteiger partial charge in [-0.25, -0.2) is 4.79 Å². The Labute approximate surface area is 188 Å². The summed E-state index contributed by atoms with van der Waals surface area (Å²) >= 11 is 0. The number of hydrogen-bond donors (Lipinski definition) is 1. The Morgan fingerprint density at radius 3 is 2.61 bits per heavy atom. The smallest absolute Gasteiger partial charge is 0.349 e. The van der Waals surface area contributed by atoms with Crippen LogP contribution in [0.1, 0.15) is 17.0 Å². The molecule has 0 radical (unpaired) electrons. The fourth-order valence-corrected chi connectivity index (χ4v) is 3.48. The lowest BCUT2D eigenvalue weighted by molar-refractivity contribution is -0.384. The van der Waals surface area contributed by atoms with Gasteiger partial charge in [0.25, 0.3) is 5.69 Å². The number of hydrogen-bond acceptors (Lipinski definition) is 8. The zero-order valence-corrected chi connectivity index (χ0v) is 17.1. The van der Waals surface area contributed by atoms with Gasteiger partial charge in [-0.2, -0.15) is 5.26 Å². The van der Waals surface area contributed by atoms with Gasteiger partial charge in [0.2, 0.25) is 5.88 Å². The highest BCUT2D eigenvalue weighted by Gasteiger charge is 2.31. The third kappa shape index (κ3) is 4.60. The van der Waals surface area contributed by atoms with Crippen LogP contribution in [0.5, 0.6) is 17.2 Å². The highest BCUT2D eigenvalue weighted by Crippen LogP contribution is 2.43. The zero-order chi connectivity index (χ0) is 23.4. The van der Waals surface area contributed by atoms with E-state index >= 15 is 0 Å². The molecule has 3 aromatic rings. The van der Waals surface area contributed by atoms with E-state index in [1.165, 1.54) is 24.3 Å². The molecule has 0 spiro atoms. The number of rotatable bonds is 6. The number of non-ortho nitro benzene ring substituents is 1. The van der Waals surface area contributed by atoms with Gasteiger partial charge in [-0.15, -0.1) is 0 Å². The van der Waals surface area contributed by atoms with Crippen LogP contribution in [0.15, 0.2) is 84.3 Å². The van der Waals surface area contributed by atoms with Crippen molar-refractivity contribution < 1.29 is 23.9 Å². The maximum Gasteiger partial charge on any atom is 0.349 e. The molecule has 9 nitrogen and oxygen atoms in total. The second kappa shape index (κ2) is 9.11. The second-order valence-electron chi connectivity index (χ2n) is 7.05. The lowest BCUT2D eigenvalue weighted by Gasteiger charge is -2.26. The molecule has 4 rings (SSSR count). The van der Waals surface area contributed by atoms with Crippen LogP contribution in [-0.2, 0) is 4.79 Å². The van der Waals surface area contributed by atoms with Crippen LogP contribution in [-0.4, -0.2) is 17.5 Å². The van der Waals surface area contributed by atoms with E-state index in [1.54, 1.807) is 42.5 Å². The van der Waals surface area contributed by atoms with Gasteiger partial charge < -0.3 is 19.9 Å². The van der Waals surface area contributed by atoms with Gasteiger partial charge in [0.05, 0.1) is 10.8 Å². The monoisotopic (exact) mass is 443 g/mol. The van der Waals surface area contributed by atoms with Crippen LogP contribution >= 0.6 is 0 Å². The molecule has 0 aliphatic carbocycles. The summed E-state index contributed by atoms with van der Waals surface area (Å²) in [6, 6.07) is 21.5. The third-order valence-electron chi connectivity index (χ3n) is 4.94. The maximum atomic E-state index is 12.2. The molecule has 0 fully saturated rings. The number of esters is 1. The number of ether oxygens (including phenoxy) is 3. The molecule has 2 N–H and O–H groups in total. The van der Waals surface area contributed by atoms with Crippen molar-refractivity contribution in [2.24, 2.45) is 5.73 Å². The molecule has 164 valence electrons. The molecule has 3 aromatic carbocycles. The summed E-state index contributed by atoms with van der Waals surface area (Å²) < 4.78 is 16.3. The van der Waals surface area contributed by atoms with Crippen LogP contribution < -0.4 is 19.9 Å². The molecule has 33 heavy (non-hydrogen) atoms. The number of benzene rings is 3. The summed E-state index contributed by atoms with van der Waals surface area (Å²) in [5.74, 6) is -0.419. The largest absolute Gasteiger partial charge is 0.482 e. The highest BCUT2D eigenvalue weighted by molar-refractivity contribution is 5.74. The third-order valence-corrected chi connectivity index (χ3v) is 4.94. The number of nitriles is 1. The number of fused-ring (bicyclic) bond motifs is 1. The topological polar surface area (TPSA) is 138 Å². The summed E-state index contributed by atoms with van der Waals surface area (Å²) in [5.41, 5.74) is 7.05. The molecule has 9 heteroatoms. The van der Waals surface area contributed by atoms with Crippen molar-refractivity contribution in [3.8, 4) is 23.3 Å². The summed E-state index contributed by atoms with van der Waals surface area (Å²) in [6.45, 7) is -0.293. The number of nitrogens with two attached hydrogens (primary N) is 1. The molecule has 0 saturated heterocycles. The Balaban J connectivity index is 1.59. The standard InChI is InChI=1S/C24H17N3O6/c25-13-20-23(15-5-4-6-16(11-15)27(29)30)19-10-9-18(12-21(19)33-24(20)26)32-22(28)14-31-17-7-2-1-3-8-17/h1-12,23H,14,26H2. The van der Waals surface area contributed by atoms with Gasteiger partial charge in [-0.3, -0.25) is 10.1 Å². The lowest BCUT2D eigenvalue weighted by Crippen LogP contribution is -2.21. The average Bonchev–Trinajstić information content (AvgIpc) is 2.82. The van der Waals surface area contributed by atoms with E-state index in [1.807, 2.05) is 12.1 Å². The Morgan fingerprint density at radius 2 is 1.88 bits per heavy atom. The van der Waals surface area contributed by atoms with Gasteiger partial charge in [-0.05, 0) is 23.8 Å². The Bertz CT molecular complexity index is 1300. The predicted octanol–water partition coefficient (Wildman–Crippen LogP) is 3.80. The Kier molecular flexibility index (Phi) is 5.91. The van der Waals surface area contributed by atoms with Gasteiger partial charge in [0.1, 0.15) is 28.9 Å². The quantitative estimate of drug-likeness (QED) is 0.263. The van der Waals surface area contributed by atoms with Crippen LogP contribution in [0.25, 0.3) is 0 Å². The normalized spacial score (nSPS) is 14.5. The molecule has 0 amide bonds. The number of carbonyl (C=O) groups excluding carboxylic acids is 1. The number of carbonyl (C=O) groups is 1. The zero-order valence-electron chi connectivity index (χ0n) is 17.1. The van der Waals surface area contributed by atoms with Crippen molar-refractivity contribution >= 4 is 11.7 Å². The minimum Gasteiger partial charge on any atom is -0.482 e. The van der Waals surface area contributed by atoms with E-state index in [0.717, 1.165) is 0 Å². The lowest BCUT2D eigenvalue weighted by atomic mass is 9.83. The van der Waals surface area contributed by atoms with Crippen molar-refractivity contribution in [3.63, 3.8) is 0 Å². The molecular weight excluding hydrogens is 426 g/mol. The highest BCUT2D eigenvalue weighted by atomic mass is 16.6. The molecule has 1 aliphatic rings. The summed E-state index contributed by atoms with van der Waals surface area (Å²) in [7, 11) is 0. The number of nitro groups is 1. The van der Waals surface area contributed by atoms with E-state index < -0.39 is 16.8 Å². The first-order valence-corrected chi connectivity index (χ1v) is 9.80. The fraction of sp³-hybridized carbons (Fsp3) is 0.0833. The van der Waals surface area contributed by atoms with Crippen LogP contribution in [0.4, 0.5) is 5.69 Å². The van der Waals surface area contributed by atoms with E-state index in [4.69, 9.17) is 19.9 Å². The van der Waals surface area contributed by atoms with Crippen molar-refractivity contribution in [1.82, 2.24) is 0 Å². The summed E-state index contributed by atoms with van der Waals surface area (Å²) in [4.78, 5) is 22.9. The fourth-order valence-electron chi connectivity index (χ4n) is 3.48. The van der Waals surface area contributed by atoms with Crippen molar-refractivity contribution in [2.45, 2.75) is 5.92 Å². The second-order valence-corrected chi connectivity index (χ2v) is 7.05. The van der Waals surface area contributed by atoms with E-state index in [-0.39, 0.29) is 35.2 Å².